The zero-order chi connectivity index (χ0) is 15.9. The van der Waals surface area contributed by atoms with Gasteiger partial charge in [0.15, 0.2) is 0 Å². The number of hydrogen-bond donors (Lipinski definition) is 0. The monoisotopic (exact) mass is 304 g/mol. The number of alkyl halides is 3. The van der Waals surface area contributed by atoms with Gasteiger partial charge < -0.3 is 4.42 Å². The van der Waals surface area contributed by atoms with Crippen molar-refractivity contribution in [2.45, 2.75) is 13.1 Å². The van der Waals surface area contributed by atoms with Crippen LogP contribution < -0.4 is 5.63 Å². The summed E-state index contributed by atoms with van der Waals surface area (Å²) in [7, 11) is 0. The highest BCUT2D eigenvalue weighted by Crippen LogP contribution is 2.40. The molecular weight excluding hydrogens is 293 g/mol. The minimum Gasteiger partial charge on any atom is -0.417 e. The fraction of sp³-hybridized carbons (Fsp3) is 0.118. The molecule has 0 spiro atoms. The molecule has 0 saturated heterocycles. The summed E-state index contributed by atoms with van der Waals surface area (Å²) in [6.45, 7) is 1.76. The highest BCUT2D eigenvalue weighted by molar-refractivity contribution is 5.97. The van der Waals surface area contributed by atoms with Crippen LogP contribution in [-0.2, 0) is 6.18 Å². The first kappa shape index (κ1) is 14.4. The number of aryl methyl sites for hydroxylation is 1. The molecule has 3 aromatic rings. The first-order valence-corrected chi connectivity index (χ1v) is 6.58. The zero-order valence-corrected chi connectivity index (χ0v) is 11.6. The molecule has 3 rings (SSSR count). The quantitative estimate of drug-likeness (QED) is 0.647. The zero-order valence-electron chi connectivity index (χ0n) is 11.6. The second-order valence-electron chi connectivity index (χ2n) is 5.01. The molecule has 0 unspecified atom stereocenters. The number of halogens is 3. The largest absolute Gasteiger partial charge is 0.450 e. The Labute approximate surface area is 123 Å². The van der Waals surface area contributed by atoms with E-state index >= 15 is 0 Å². The molecule has 2 aromatic carbocycles. The fourth-order valence-corrected chi connectivity index (χ4v) is 2.46. The van der Waals surface area contributed by atoms with Crippen LogP contribution in [0.2, 0.25) is 0 Å². The molecule has 0 aliphatic heterocycles. The van der Waals surface area contributed by atoms with Crippen LogP contribution in [0.3, 0.4) is 0 Å². The summed E-state index contributed by atoms with van der Waals surface area (Å²) in [6, 6.07) is 12.8. The first-order chi connectivity index (χ1) is 10.4. The Kier molecular flexibility index (Phi) is 3.28. The standard InChI is InChI=1S/C17H11F3O2/c1-10-7-8-12-13(9-10)16(21)22-15(17(18,19)20)14(12)11-5-3-2-4-6-11/h2-9H,1H3. The Bertz CT molecular complexity index is 893. The maximum absolute atomic E-state index is 13.3. The normalized spacial score (nSPS) is 11.8. The molecule has 0 N–H and O–H groups in total. The number of hydrogen-bond acceptors (Lipinski definition) is 2. The third kappa shape index (κ3) is 2.39. The van der Waals surface area contributed by atoms with Crippen LogP contribution >= 0.6 is 0 Å². The van der Waals surface area contributed by atoms with E-state index in [4.69, 9.17) is 0 Å². The number of benzene rings is 2. The first-order valence-electron chi connectivity index (χ1n) is 6.58. The van der Waals surface area contributed by atoms with Crippen molar-refractivity contribution in [3.05, 3.63) is 70.3 Å². The molecule has 0 fully saturated rings. The predicted molar refractivity (Wildman–Crippen MR) is 77.7 cm³/mol. The van der Waals surface area contributed by atoms with Gasteiger partial charge in [0.1, 0.15) is 0 Å². The minimum atomic E-state index is -4.75. The molecule has 0 bridgehead atoms. The second kappa shape index (κ2) is 5.02. The van der Waals surface area contributed by atoms with Crippen molar-refractivity contribution in [2.24, 2.45) is 0 Å². The minimum absolute atomic E-state index is 0.109. The second-order valence-corrected chi connectivity index (χ2v) is 5.01. The molecular formula is C17H11F3O2. The summed E-state index contributed by atoms with van der Waals surface area (Å²) in [5.74, 6) is -1.26. The van der Waals surface area contributed by atoms with E-state index in [0.29, 0.717) is 5.56 Å². The van der Waals surface area contributed by atoms with Gasteiger partial charge in [-0.3, -0.25) is 0 Å². The SMILES string of the molecule is Cc1ccc2c(-c3ccccc3)c(C(F)(F)F)oc(=O)c2c1. The van der Waals surface area contributed by atoms with Gasteiger partial charge in [-0.1, -0.05) is 48.0 Å². The highest BCUT2D eigenvalue weighted by Gasteiger charge is 2.39. The van der Waals surface area contributed by atoms with E-state index in [1.165, 1.54) is 12.1 Å². The molecule has 0 saturated carbocycles. The van der Waals surface area contributed by atoms with E-state index in [-0.39, 0.29) is 16.3 Å². The van der Waals surface area contributed by atoms with E-state index < -0.39 is 17.6 Å². The molecule has 112 valence electrons. The van der Waals surface area contributed by atoms with Crippen molar-refractivity contribution in [1.29, 1.82) is 0 Å². The third-order valence-electron chi connectivity index (χ3n) is 3.41. The van der Waals surface area contributed by atoms with E-state index in [0.717, 1.165) is 5.56 Å². The van der Waals surface area contributed by atoms with Gasteiger partial charge in [0.05, 0.1) is 5.39 Å². The number of rotatable bonds is 1. The van der Waals surface area contributed by atoms with Crippen LogP contribution in [0.5, 0.6) is 0 Å². The third-order valence-corrected chi connectivity index (χ3v) is 3.41. The summed E-state index contributed by atoms with van der Waals surface area (Å²) < 4.78 is 44.5. The lowest BCUT2D eigenvalue weighted by Gasteiger charge is -2.14. The van der Waals surface area contributed by atoms with Gasteiger partial charge >= 0.3 is 11.8 Å². The summed E-state index contributed by atoms with van der Waals surface area (Å²) in [4.78, 5) is 11.9. The molecule has 0 aliphatic carbocycles. The summed E-state index contributed by atoms with van der Waals surface area (Å²) in [5, 5.41) is 0.382. The molecule has 1 aromatic heterocycles. The van der Waals surface area contributed by atoms with Crippen molar-refractivity contribution in [2.75, 3.05) is 0 Å². The Hall–Kier alpha value is -2.56. The van der Waals surface area contributed by atoms with Crippen molar-refractivity contribution < 1.29 is 17.6 Å². The lowest BCUT2D eigenvalue weighted by molar-refractivity contribution is -0.153. The Morgan fingerprint density at radius 2 is 1.64 bits per heavy atom. The van der Waals surface area contributed by atoms with Gasteiger partial charge in [0, 0.05) is 10.9 Å². The summed E-state index contributed by atoms with van der Waals surface area (Å²) in [5.41, 5.74) is 0.0411. The van der Waals surface area contributed by atoms with Gasteiger partial charge in [0.25, 0.3) is 0 Å². The molecule has 0 radical (unpaired) electrons. The Morgan fingerprint density at radius 3 is 2.27 bits per heavy atom. The van der Waals surface area contributed by atoms with Crippen LogP contribution in [-0.4, -0.2) is 0 Å². The van der Waals surface area contributed by atoms with E-state index in [1.807, 2.05) is 0 Å². The molecule has 22 heavy (non-hydrogen) atoms. The Balaban J connectivity index is 2.50. The van der Waals surface area contributed by atoms with Crippen LogP contribution in [0.25, 0.3) is 21.9 Å². The maximum atomic E-state index is 13.3. The maximum Gasteiger partial charge on any atom is 0.450 e. The topological polar surface area (TPSA) is 30.2 Å². The molecule has 1 heterocycles. The highest BCUT2D eigenvalue weighted by atomic mass is 19.4. The van der Waals surface area contributed by atoms with E-state index in [9.17, 15) is 18.0 Å². The van der Waals surface area contributed by atoms with Crippen molar-refractivity contribution >= 4 is 10.8 Å². The number of fused-ring (bicyclic) bond motifs is 1. The molecule has 2 nitrogen and oxygen atoms in total. The summed E-state index contributed by atoms with van der Waals surface area (Å²) in [6.07, 6.45) is -4.75. The van der Waals surface area contributed by atoms with Gasteiger partial charge in [-0.05, 0) is 18.6 Å². The molecule has 0 amide bonds. The van der Waals surface area contributed by atoms with Crippen molar-refractivity contribution in [1.82, 2.24) is 0 Å². The van der Waals surface area contributed by atoms with Crippen molar-refractivity contribution in [3.8, 4) is 11.1 Å². The lowest BCUT2D eigenvalue weighted by atomic mass is 9.97. The lowest BCUT2D eigenvalue weighted by Crippen LogP contribution is -2.13. The molecule has 0 atom stereocenters. The van der Waals surface area contributed by atoms with E-state index in [2.05, 4.69) is 4.42 Å². The van der Waals surface area contributed by atoms with Crippen molar-refractivity contribution in [3.63, 3.8) is 0 Å². The van der Waals surface area contributed by atoms with Crippen LogP contribution in [0, 0.1) is 6.92 Å². The molecule has 5 heteroatoms. The van der Waals surface area contributed by atoms with Crippen LogP contribution in [0.1, 0.15) is 11.3 Å². The fourth-order valence-electron chi connectivity index (χ4n) is 2.46. The average Bonchev–Trinajstić information content (AvgIpc) is 2.47. The van der Waals surface area contributed by atoms with Gasteiger partial charge in [-0.2, -0.15) is 13.2 Å². The van der Waals surface area contributed by atoms with Gasteiger partial charge in [-0.15, -0.1) is 0 Å². The summed E-state index contributed by atoms with van der Waals surface area (Å²) >= 11 is 0. The van der Waals surface area contributed by atoms with Crippen LogP contribution in [0.15, 0.2) is 57.7 Å². The van der Waals surface area contributed by atoms with Crippen LogP contribution in [0.4, 0.5) is 13.2 Å². The smallest absolute Gasteiger partial charge is 0.417 e. The average molecular weight is 304 g/mol. The Morgan fingerprint density at radius 1 is 0.955 bits per heavy atom. The predicted octanol–water partition coefficient (Wildman–Crippen LogP) is 4.79. The van der Waals surface area contributed by atoms with E-state index in [1.54, 1.807) is 43.3 Å². The van der Waals surface area contributed by atoms with Gasteiger partial charge in [0.2, 0.25) is 5.76 Å². The molecule has 0 aliphatic rings. The van der Waals surface area contributed by atoms with Gasteiger partial charge in [-0.25, -0.2) is 4.79 Å².